The van der Waals surface area contributed by atoms with Crippen LogP contribution in [0.25, 0.3) is 0 Å². The summed E-state index contributed by atoms with van der Waals surface area (Å²) in [6, 6.07) is 0. The minimum Gasteiger partial charge on any atom is -0.327 e. The van der Waals surface area contributed by atoms with E-state index in [4.69, 9.17) is 0 Å². The maximum atomic E-state index is 2.65. The second-order valence-corrected chi connectivity index (χ2v) is 46.5. The van der Waals surface area contributed by atoms with Gasteiger partial charge in [0.2, 0.25) is 0 Å². The Kier molecular flexibility index (Phi) is 19.0. The summed E-state index contributed by atoms with van der Waals surface area (Å²) in [5.41, 5.74) is 7.96. The summed E-state index contributed by atoms with van der Waals surface area (Å²) in [6.07, 6.45) is 0. The van der Waals surface area contributed by atoms with E-state index in [9.17, 15) is 0 Å². The number of hydrogen-bond donors (Lipinski definition) is 0. The molecule has 0 N–H and O–H groups in total. The topological polar surface area (TPSA) is 0 Å². The SMILES string of the molecule is C[Si](C)(C)[CH-][Si](C)(C)C.C[Si](C)(C)[CH-][Si](C)(C)C.C[Si](C)(C)[CH-][Si](C)(C)C.[Sm+3]. The van der Waals surface area contributed by atoms with Crippen LogP contribution in [0, 0.1) is 57.4 Å². The van der Waals surface area contributed by atoms with Crippen molar-refractivity contribution in [1.29, 1.82) is 0 Å². The molecule has 0 aliphatic carbocycles. The largest absolute Gasteiger partial charge is 3.00 e. The molecule has 0 bridgehead atoms. The molecular formula is C21H57Si6Sm. The van der Waals surface area contributed by atoms with Crippen LogP contribution in [-0.2, 0) is 0 Å². The molecule has 0 aromatic heterocycles. The Bertz CT molecular complexity index is 284. The molecule has 0 amide bonds. The number of hydrogen-bond acceptors (Lipinski definition) is 0. The van der Waals surface area contributed by atoms with Gasteiger partial charge in [-0.05, 0) is 0 Å². The van der Waals surface area contributed by atoms with Crippen LogP contribution >= 0.6 is 0 Å². The summed E-state index contributed by atoms with van der Waals surface area (Å²) in [5.74, 6) is 0. The van der Waals surface area contributed by atoms with Gasteiger partial charge in [-0.15, -0.1) is 48.4 Å². The first-order valence-electron chi connectivity index (χ1n) is 10.7. The second-order valence-electron chi connectivity index (χ2n) is 14.6. The zero-order chi connectivity index (χ0) is 23.1. The fraction of sp³-hybridized carbons (Fsp3) is 0.857. The van der Waals surface area contributed by atoms with Crippen LogP contribution < -0.4 is 0 Å². The molecule has 0 spiro atoms. The Morgan fingerprint density at radius 1 is 0.250 bits per heavy atom. The first kappa shape index (κ1) is 37.9. The van der Waals surface area contributed by atoms with Gasteiger partial charge in [0.05, 0.1) is 0 Å². The van der Waals surface area contributed by atoms with E-state index < -0.39 is 48.4 Å². The zero-order valence-electron chi connectivity index (χ0n) is 23.1. The summed E-state index contributed by atoms with van der Waals surface area (Å²) in [5, 5.41) is 0. The van der Waals surface area contributed by atoms with Crippen LogP contribution in [0.1, 0.15) is 0 Å². The van der Waals surface area contributed by atoms with Crippen molar-refractivity contribution in [2.24, 2.45) is 0 Å². The van der Waals surface area contributed by atoms with Crippen LogP contribution in [0.15, 0.2) is 0 Å². The standard InChI is InChI=1S/3C7H19Si2.Sm/c3*1-8(2,3)7-9(4,5)6;/h3*7H,1-6H3;/q3*-1;+3. The summed E-state index contributed by atoms with van der Waals surface area (Å²) < 4.78 is 0. The predicted octanol–water partition coefficient (Wildman–Crippen LogP) is 8.84. The Hall–Kier alpha value is 2.64. The van der Waals surface area contributed by atoms with Gasteiger partial charge in [0.25, 0.3) is 0 Å². The predicted molar refractivity (Wildman–Crippen MR) is 153 cm³/mol. The van der Waals surface area contributed by atoms with Gasteiger partial charge in [0.15, 0.2) is 0 Å². The molecule has 0 atom stereocenters. The van der Waals surface area contributed by atoms with E-state index in [1.165, 1.54) is 0 Å². The van der Waals surface area contributed by atoms with Crippen molar-refractivity contribution >= 4 is 48.4 Å². The Balaban J connectivity index is -0.000000152. The minimum absolute atomic E-state index is 0. The molecule has 171 valence electrons. The van der Waals surface area contributed by atoms with Gasteiger partial charge in [-0.2, -0.15) is 0 Å². The van der Waals surface area contributed by atoms with Gasteiger partial charge in [-0.1, -0.05) is 118 Å². The third-order valence-corrected chi connectivity index (χ3v) is 23.4. The van der Waals surface area contributed by atoms with Gasteiger partial charge < -0.3 is 17.0 Å². The smallest absolute Gasteiger partial charge is 0.327 e. The molecule has 0 nitrogen and oxygen atoms in total. The van der Waals surface area contributed by atoms with Crippen LogP contribution in [0.5, 0.6) is 0 Å². The summed E-state index contributed by atoms with van der Waals surface area (Å²) in [6.45, 7) is 43.3. The van der Waals surface area contributed by atoms with Crippen LogP contribution in [0.2, 0.25) is 118 Å². The molecule has 0 unspecified atom stereocenters. The second kappa shape index (κ2) is 14.0. The molecule has 28 heavy (non-hydrogen) atoms. The van der Waals surface area contributed by atoms with E-state index in [2.05, 4.69) is 135 Å². The van der Waals surface area contributed by atoms with E-state index in [0.717, 1.165) is 0 Å². The van der Waals surface area contributed by atoms with E-state index in [-0.39, 0.29) is 40.4 Å². The molecule has 0 aliphatic rings. The Labute approximate surface area is 221 Å². The number of rotatable bonds is 6. The fourth-order valence-corrected chi connectivity index (χ4v) is 35.1. The molecule has 0 aromatic rings. The molecule has 7 heteroatoms. The molecule has 0 fully saturated rings. The molecule has 0 saturated heterocycles. The molecule has 0 saturated carbocycles. The van der Waals surface area contributed by atoms with Crippen molar-refractivity contribution in [3.8, 4) is 0 Å². The third-order valence-electron chi connectivity index (χ3n) is 2.60. The van der Waals surface area contributed by atoms with E-state index in [1.54, 1.807) is 0 Å². The molecule has 0 aromatic carbocycles. The van der Waals surface area contributed by atoms with Crippen molar-refractivity contribution in [2.75, 3.05) is 0 Å². The Morgan fingerprint density at radius 2 is 0.321 bits per heavy atom. The van der Waals surface area contributed by atoms with E-state index in [0.29, 0.717) is 0 Å². The maximum Gasteiger partial charge on any atom is 3.00 e. The van der Waals surface area contributed by atoms with Gasteiger partial charge in [0.1, 0.15) is 0 Å². The average Bonchev–Trinajstić information content (AvgIpc) is 1.96. The maximum absolute atomic E-state index is 2.65. The van der Waals surface area contributed by atoms with Crippen molar-refractivity contribution < 1.29 is 40.4 Å². The van der Waals surface area contributed by atoms with Gasteiger partial charge >= 0.3 is 40.4 Å². The van der Waals surface area contributed by atoms with E-state index >= 15 is 0 Å². The van der Waals surface area contributed by atoms with Crippen molar-refractivity contribution in [2.45, 2.75) is 118 Å². The molecule has 0 aliphatic heterocycles. The quantitative estimate of drug-likeness (QED) is 0.204. The van der Waals surface area contributed by atoms with Gasteiger partial charge in [0, 0.05) is 0 Å². The van der Waals surface area contributed by atoms with Crippen molar-refractivity contribution in [3.63, 3.8) is 0 Å². The van der Waals surface area contributed by atoms with Crippen LogP contribution in [-0.4, -0.2) is 48.4 Å². The van der Waals surface area contributed by atoms with Crippen molar-refractivity contribution in [1.82, 2.24) is 0 Å². The third kappa shape index (κ3) is 51.4. The first-order chi connectivity index (χ1) is 11.1. The zero-order valence-corrected chi connectivity index (χ0v) is 31.8. The molecule has 0 heterocycles. The molecule has 1 radical (unpaired) electrons. The van der Waals surface area contributed by atoms with Crippen LogP contribution in [0.4, 0.5) is 0 Å². The summed E-state index contributed by atoms with van der Waals surface area (Å²) in [7, 11) is -5.14. The minimum atomic E-state index is -0.856. The van der Waals surface area contributed by atoms with Crippen LogP contribution in [0.3, 0.4) is 0 Å². The van der Waals surface area contributed by atoms with Gasteiger partial charge in [-0.3, -0.25) is 0 Å². The average molecular weight is 629 g/mol. The van der Waals surface area contributed by atoms with Gasteiger partial charge in [-0.25, -0.2) is 0 Å². The normalized spacial score (nSPS) is 13.5. The molecular weight excluding hydrogens is 571 g/mol. The summed E-state index contributed by atoms with van der Waals surface area (Å²) in [4.78, 5) is 0. The monoisotopic (exact) mass is 629 g/mol. The molecule has 0 rings (SSSR count). The Morgan fingerprint density at radius 3 is 0.321 bits per heavy atom. The summed E-state index contributed by atoms with van der Waals surface area (Å²) >= 11 is 0. The fourth-order valence-electron chi connectivity index (χ4n) is 3.90. The van der Waals surface area contributed by atoms with E-state index in [1.807, 2.05) is 0 Å². The van der Waals surface area contributed by atoms with Crippen molar-refractivity contribution in [3.05, 3.63) is 17.0 Å². The first-order valence-corrected chi connectivity index (χ1v) is 32.2.